The Hall–Kier alpha value is -0.900. The van der Waals surface area contributed by atoms with Crippen LogP contribution in [0.5, 0.6) is 0 Å². The number of hydrogen-bond donors (Lipinski definition) is 2. The molecule has 4 rings (SSSR count). The molecule has 10 atom stereocenters. The maximum atomic E-state index is 13.9. The number of carboxylic acids is 1. The number of fused-ring (bicyclic) bond motifs is 5. The quantitative estimate of drug-likeness (QED) is 0.633. The van der Waals surface area contributed by atoms with Crippen LogP contribution in [0.1, 0.15) is 91.9 Å². The predicted octanol–water partition coefficient (Wildman–Crippen LogP) is 5.32. The molecular weight excluding hydrogens is 376 g/mol. The summed E-state index contributed by atoms with van der Waals surface area (Å²) < 4.78 is 0. The van der Waals surface area contributed by atoms with Crippen molar-refractivity contribution in [3.63, 3.8) is 0 Å². The highest BCUT2D eigenvalue weighted by Gasteiger charge is 2.65. The van der Waals surface area contributed by atoms with Crippen LogP contribution in [0.2, 0.25) is 0 Å². The van der Waals surface area contributed by atoms with Crippen molar-refractivity contribution in [2.75, 3.05) is 0 Å². The van der Waals surface area contributed by atoms with Crippen LogP contribution in [0.3, 0.4) is 0 Å². The highest BCUT2D eigenvalue weighted by molar-refractivity contribution is 5.86. The lowest BCUT2D eigenvalue weighted by Gasteiger charge is -2.62. The molecule has 0 spiro atoms. The standard InChI is InChI=1S/C26H42O4/c1-5-17-21-14-16(27)10-12-26(21,4)20-11-13-25(3)18(15(2)6-9-22(28)29)7-8-19(25)23(20)24(17)30/h15-21,23,27H,5-14H2,1-4H3,(H,28,29)/t15-,16?,17-,18-,19+,20+,21+,23+,25-,26-/m1/s1. The molecule has 0 aromatic carbocycles. The van der Waals surface area contributed by atoms with Gasteiger partial charge in [0.15, 0.2) is 0 Å². The molecule has 2 N–H and O–H groups in total. The van der Waals surface area contributed by atoms with Gasteiger partial charge >= 0.3 is 5.97 Å². The third-order valence-corrected chi connectivity index (χ3v) is 10.7. The molecule has 0 aromatic rings. The van der Waals surface area contributed by atoms with Crippen LogP contribution in [0.4, 0.5) is 0 Å². The van der Waals surface area contributed by atoms with E-state index in [1.807, 2.05) is 0 Å². The molecule has 30 heavy (non-hydrogen) atoms. The topological polar surface area (TPSA) is 74.6 Å². The molecule has 4 aliphatic carbocycles. The maximum absolute atomic E-state index is 13.9. The van der Waals surface area contributed by atoms with Crippen LogP contribution in [0.15, 0.2) is 0 Å². The number of rotatable bonds is 5. The van der Waals surface area contributed by atoms with E-state index >= 15 is 0 Å². The number of aliphatic hydroxyl groups excluding tert-OH is 1. The number of ketones is 1. The summed E-state index contributed by atoms with van der Waals surface area (Å²) in [5.41, 5.74) is 0.358. The number of carboxylic acid groups (broad SMARTS) is 1. The van der Waals surface area contributed by atoms with Crippen molar-refractivity contribution in [2.24, 2.45) is 52.3 Å². The normalized spacial score (nSPS) is 49.1. The van der Waals surface area contributed by atoms with Gasteiger partial charge in [-0.2, -0.15) is 0 Å². The number of aliphatic carboxylic acids is 1. The summed E-state index contributed by atoms with van der Waals surface area (Å²) in [6, 6.07) is 0. The molecule has 4 nitrogen and oxygen atoms in total. The van der Waals surface area contributed by atoms with Gasteiger partial charge in [-0.05, 0) is 98.2 Å². The molecule has 0 aromatic heterocycles. The molecule has 0 heterocycles. The molecule has 4 heteroatoms. The summed E-state index contributed by atoms with van der Waals surface area (Å²) in [6.45, 7) is 9.28. The fraction of sp³-hybridized carbons (Fsp3) is 0.923. The van der Waals surface area contributed by atoms with E-state index < -0.39 is 5.97 Å². The van der Waals surface area contributed by atoms with Crippen LogP contribution >= 0.6 is 0 Å². The van der Waals surface area contributed by atoms with Crippen LogP contribution in [0.25, 0.3) is 0 Å². The van der Waals surface area contributed by atoms with Gasteiger partial charge in [0, 0.05) is 18.3 Å². The molecule has 0 saturated heterocycles. The van der Waals surface area contributed by atoms with E-state index in [0.29, 0.717) is 35.4 Å². The fourth-order valence-electron chi connectivity index (χ4n) is 9.16. The van der Waals surface area contributed by atoms with Crippen molar-refractivity contribution >= 4 is 11.8 Å². The van der Waals surface area contributed by atoms with Gasteiger partial charge in [-0.3, -0.25) is 9.59 Å². The third kappa shape index (κ3) is 3.27. The Bertz CT molecular complexity index is 689. The molecule has 4 aliphatic rings. The summed E-state index contributed by atoms with van der Waals surface area (Å²) in [5, 5.41) is 19.5. The molecule has 4 fully saturated rings. The Labute approximate surface area is 182 Å². The Morgan fingerprint density at radius 2 is 1.73 bits per heavy atom. The van der Waals surface area contributed by atoms with Gasteiger partial charge in [0.05, 0.1) is 6.10 Å². The van der Waals surface area contributed by atoms with Crippen LogP contribution in [-0.4, -0.2) is 28.1 Å². The second-order valence-corrected chi connectivity index (χ2v) is 11.8. The van der Waals surface area contributed by atoms with E-state index in [2.05, 4.69) is 27.7 Å². The zero-order chi connectivity index (χ0) is 21.8. The van der Waals surface area contributed by atoms with Crippen molar-refractivity contribution < 1.29 is 19.8 Å². The highest BCUT2D eigenvalue weighted by Crippen LogP contribution is 2.68. The molecule has 4 saturated carbocycles. The largest absolute Gasteiger partial charge is 0.481 e. The Morgan fingerprint density at radius 3 is 2.40 bits per heavy atom. The van der Waals surface area contributed by atoms with E-state index in [1.54, 1.807) is 0 Å². The molecule has 0 aliphatic heterocycles. The van der Waals surface area contributed by atoms with E-state index in [4.69, 9.17) is 5.11 Å². The van der Waals surface area contributed by atoms with E-state index in [9.17, 15) is 14.7 Å². The fourth-order valence-corrected chi connectivity index (χ4v) is 9.16. The van der Waals surface area contributed by atoms with Gasteiger partial charge in [0.25, 0.3) is 0 Å². The van der Waals surface area contributed by atoms with Crippen molar-refractivity contribution in [3.05, 3.63) is 0 Å². The van der Waals surface area contributed by atoms with Gasteiger partial charge in [0.2, 0.25) is 0 Å². The average molecular weight is 419 g/mol. The first-order valence-corrected chi connectivity index (χ1v) is 12.6. The van der Waals surface area contributed by atoms with Crippen LogP contribution in [0, 0.1) is 52.3 Å². The number of Topliss-reactive ketones (excluding diaryl/α,β-unsaturated/α-hetero) is 1. The molecule has 0 radical (unpaired) electrons. The minimum atomic E-state index is -0.697. The van der Waals surface area contributed by atoms with Crippen LogP contribution in [-0.2, 0) is 9.59 Å². The lowest BCUT2D eigenvalue weighted by Crippen LogP contribution is -2.60. The third-order valence-electron chi connectivity index (χ3n) is 10.7. The van der Waals surface area contributed by atoms with Crippen molar-refractivity contribution in [1.82, 2.24) is 0 Å². The highest BCUT2D eigenvalue weighted by atomic mass is 16.4. The summed E-state index contributed by atoms with van der Waals surface area (Å²) in [5.74, 6) is 2.31. The second kappa shape index (κ2) is 7.90. The van der Waals surface area contributed by atoms with Gasteiger partial charge in [-0.25, -0.2) is 0 Å². The minimum absolute atomic E-state index is 0.108. The molecule has 1 unspecified atom stereocenters. The maximum Gasteiger partial charge on any atom is 0.303 e. The smallest absolute Gasteiger partial charge is 0.303 e. The lowest BCUT2D eigenvalue weighted by atomic mass is 9.42. The molecule has 0 bridgehead atoms. The molecular formula is C26H42O4. The number of carbonyl (C=O) groups excluding carboxylic acids is 1. The Morgan fingerprint density at radius 1 is 1.07 bits per heavy atom. The summed E-state index contributed by atoms with van der Waals surface area (Å²) in [6.07, 6.45) is 9.01. The first kappa shape index (κ1) is 22.3. The van der Waals surface area contributed by atoms with Crippen molar-refractivity contribution in [2.45, 2.75) is 98.0 Å². The zero-order valence-corrected chi connectivity index (χ0v) is 19.4. The van der Waals surface area contributed by atoms with Gasteiger partial charge in [-0.15, -0.1) is 0 Å². The van der Waals surface area contributed by atoms with Crippen molar-refractivity contribution in [1.29, 1.82) is 0 Å². The first-order chi connectivity index (χ1) is 14.1. The van der Waals surface area contributed by atoms with Crippen molar-refractivity contribution in [3.8, 4) is 0 Å². The van der Waals surface area contributed by atoms with Gasteiger partial charge < -0.3 is 10.2 Å². The van der Waals surface area contributed by atoms with Gasteiger partial charge in [-0.1, -0.05) is 27.7 Å². The monoisotopic (exact) mass is 418 g/mol. The van der Waals surface area contributed by atoms with E-state index in [1.165, 1.54) is 6.42 Å². The van der Waals surface area contributed by atoms with Gasteiger partial charge in [0.1, 0.15) is 5.78 Å². The summed E-state index contributed by atoms with van der Waals surface area (Å²) >= 11 is 0. The Balaban J connectivity index is 1.62. The lowest BCUT2D eigenvalue weighted by molar-refractivity contribution is -0.173. The number of aliphatic hydroxyl groups is 1. The van der Waals surface area contributed by atoms with E-state index in [-0.39, 0.29) is 35.2 Å². The number of carbonyl (C=O) groups is 2. The first-order valence-electron chi connectivity index (χ1n) is 12.6. The SMILES string of the molecule is CC[C@H]1C(=O)[C@@H]2[C@H](CC[C@]3(C)[C@@H]([C@H](C)CCC(=O)O)CC[C@@H]23)[C@@]2(C)CCC(O)C[C@@H]12. The molecule has 170 valence electrons. The average Bonchev–Trinajstić information content (AvgIpc) is 3.05. The molecule has 0 amide bonds. The summed E-state index contributed by atoms with van der Waals surface area (Å²) in [4.78, 5) is 25.0. The summed E-state index contributed by atoms with van der Waals surface area (Å²) in [7, 11) is 0. The van der Waals surface area contributed by atoms with Crippen LogP contribution < -0.4 is 0 Å². The second-order valence-electron chi connectivity index (χ2n) is 11.8. The zero-order valence-electron chi connectivity index (χ0n) is 19.4. The minimum Gasteiger partial charge on any atom is -0.481 e. The Kier molecular flexibility index (Phi) is 5.87. The predicted molar refractivity (Wildman–Crippen MR) is 117 cm³/mol. The number of hydrogen-bond acceptors (Lipinski definition) is 3. The van der Waals surface area contributed by atoms with E-state index in [0.717, 1.165) is 51.4 Å².